The fourth-order valence-electron chi connectivity index (χ4n) is 1.10. The van der Waals surface area contributed by atoms with Crippen molar-refractivity contribution in [1.82, 2.24) is 0 Å². The molecule has 0 aliphatic carbocycles. The molecule has 1 aromatic rings. The average Bonchev–Trinajstić information content (AvgIpc) is 2.15. The van der Waals surface area contributed by atoms with Gasteiger partial charge in [-0.1, -0.05) is 0 Å². The van der Waals surface area contributed by atoms with Crippen LogP contribution in [0.2, 0.25) is 0 Å². The predicted octanol–water partition coefficient (Wildman–Crippen LogP) is 3.17. The first-order chi connectivity index (χ1) is 7.29. The third kappa shape index (κ3) is 2.29. The summed E-state index contributed by atoms with van der Waals surface area (Å²) in [5.74, 6) is -2.91. The van der Waals surface area contributed by atoms with E-state index in [1.165, 1.54) is 0 Å². The minimum Gasteiger partial charge on any atom is -0.398 e. The highest BCUT2D eigenvalue weighted by molar-refractivity contribution is 7.83. The van der Waals surface area contributed by atoms with E-state index in [2.05, 4.69) is 12.6 Å². The Morgan fingerprint density at radius 3 is 2.25 bits per heavy atom. The van der Waals surface area contributed by atoms with Crippen LogP contribution in [0.1, 0.15) is 11.1 Å². The van der Waals surface area contributed by atoms with Crippen LogP contribution in [-0.2, 0) is 6.18 Å². The SMILES string of the molecule is N/C(=C\S)c1c(F)ccc(C(F)(F)F)c1F. The first kappa shape index (κ1) is 12.8. The van der Waals surface area contributed by atoms with E-state index < -0.39 is 34.6 Å². The van der Waals surface area contributed by atoms with Crippen LogP contribution < -0.4 is 5.73 Å². The van der Waals surface area contributed by atoms with Crippen molar-refractivity contribution in [1.29, 1.82) is 0 Å². The van der Waals surface area contributed by atoms with Crippen LogP contribution in [-0.4, -0.2) is 0 Å². The minimum atomic E-state index is -4.90. The summed E-state index contributed by atoms with van der Waals surface area (Å²) >= 11 is 3.53. The van der Waals surface area contributed by atoms with Crippen molar-refractivity contribution in [3.05, 3.63) is 40.3 Å². The number of benzene rings is 1. The zero-order chi connectivity index (χ0) is 12.5. The molecule has 0 saturated carbocycles. The standard InChI is InChI=1S/C9H6F5NS/c10-5-2-1-4(9(12,13)14)8(11)7(5)6(15)3-16/h1-3,16H,15H2/b6-3-. The van der Waals surface area contributed by atoms with E-state index >= 15 is 0 Å². The third-order valence-corrected chi connectivity index (χ3v) is 2.10. The predicted molar refractivity (Wildman–Crippen MR) is 52.5 cm³/mol. The van der Waals surface area contributed by atoms with E-state index in [9.17, 15) is 22.0 Å². The number of alkyl halides is 3. The van der Waals surface area contributed by atoms with Crippen LogP contribution in [0.5, 0.6) is 0 Å². The summed E-state index contributed by atoms with van der Waals surface area (Å²) in [6.07, 6.45) is -4.90. The van der Waals surface area contributed by atoms with Gasteiger partial charge in [0, 0.05) is 0 Å². The van der Waals surface area contributed by atoms with Crippen molar-refractivity contribution < 1.29 is 22.0 Å². The third-order valence-electron chi connectivity index (χ3n) is 1.82. The zero-order valence-electron chi connectivity index (χ0n) is 7.65. The highest BCUT2D eigenvalue weighted by Crippen LogP contribution is 2.34. The molecular weight excluding hydrogens is 249 g/mol. The van der Waals surface area contributed by atoms with E-state index in [-0.39, 0.29) is 0 Å². The van der Waals surface area contributed by atoms with E-state index in [1.807, 2.05) is 0 Å². The average molecular weight is 255 g/mol. The van der Waals surface area contributed by atoms with Gasteiger partial charge in [0.15, 0.2) is 0 Å². The number of hydrogen-bond acceptors (Lipinski definition) is 2. The molecule has 0 heterocycles. The molecule has 0 saturated heterocycles. The summed E-state index contributed by atoms with van der Waals surface area (Å²) in [4.78, 5) is 0. The largest absolute Gasteiger partial charge is 0.419 e. The fraction of sp³-hybridized carbons (Fsp3) is 0.111. The van der Waals surface area contributed by atoms with E-state index in [0.717, 1.165) is 5.41 Å². The maximum atomic E-state index is 13.4. The molecule has 0 atom stereocenters. The Kier molecular flexibility index (Phi) is 3.47. The topological polar surface area (TPSA) is 26.0 Å². The molecule has 0 bridgehead atoms. The molecule has 0 amide bonds. The summed E-state index contributed by atoms with van der Waals surface area (Å²) < 4.78 is 63.3. The van der Waals surface area contributed by atoms with Crippen LogP contribution in [0, 0.1) is 11.6 Å². The lowest BCUT2D eigenvalue weighted by Gasteiger charge is -2.11. The second-order valence-corrected chi connectivity index (χ2v) is 3.12. The highest BCUT2D eigenvalue weighted by Gasteiger charge is 2.36. The molecule has 16 heavy (non-hydrogen) atoms. The lowest BCUT2D eigenvalue weighted by molar-refractivity contribution is -0.140. The van der Waals surface area contributed by atoms with E-state index in [4.69, 9.17) is 5.73 Å². The first-order valence-electron chi connectivity index (χ1n) is 3.94. The van der Waals surface area contributed by atoms with Crippen LogP contribution in [0.15, 0.2) is 17.5 Å². The lowest BCUT2D eigenvalue weighted by atomic mass is 10.1. The highest BCUT2D eigenvalue weighted by atomic mass is 32.1. The Morgan fingerprint density at radius 2 is 1.81 bits per heavy atom. The normalized spacial score (nSPS) is 13.0. The number of thiol groups is 1. The monoisotopic (exact) mass is 255 g/mol. The van der Waals surface area contributed by atoms with Gasteiger partial charge in [-0.2, -0.15) is 13.2 Å². The Labute approximate surface area is 93.2 Å². The van der Waals surface area contributed by atoms with Crippen molar-refractivity contribution >= 4 is 18.3 Å². The van der Waals surface area contributed by atoms with Gasteiger partial charge in [-0.15, -0.1) is 12.6 Å². The van der Waals surface area contributed by atoms with Crippen molar-refractivity contribution in [2.75, 3.05) is 0 Å². The van der Waals surface area contributed by atoms with Crippen LogP contribution in [0.3, 0.4) is 0 Å². The quantitative estimate of drug-likeness (QED) is 0.585. The number of rotatable bonds is 1. The van der Waals surface area contributed by atoms with Gasteiger partial charge >= 0.3 is 6.18 Å². The Bertz CT molecular complexity index is 438. The van der Waals surface area contributed by atoms with Crippen molar-refractivity contribution in [3.8, 4) is 0 Å². The lowest BCUT2D eigenvalue weighted by Crippen LogP contribution is -2.12. The second kappa shape index (κ2) is 4.32. The molecule has 0 unspecified atom stereocenters. The van der Waals surface area contributed by atoms with E-state index in [0.29, 0.717) is 12.1 Å². The first-order valence-corrected chi connectivity index (χ1v) is 4.46. The van der Waals surface area contributed by atoms with E-state index in [1.54, 1.807) is 0 Å². The second-order valence-electron chi connectivity index (χ2n) is 2.87. The summed E-state index contributed by atoms with van der Waals surface area (Å²) in [6.45, 7) is 0. The van der Waals surface area contributed by atoms with Crippen LogP contribution in [0.4, 0.5) is 22.0 Å². The Morgan fingerprint density at radius 1 is 1.25 bits per heavy atom. The summed E-state index contributed by atoms with van der Waals surface area (Å²) in [6, 6.07) is 0.825. The molecule has 1 aromatic carbocycles. The van der Waals surface area contributed by atoms with Gasteiger partial charge in [-0.25, -0.2) is 8.78 Å². The maximum absolute atomic E-state index is 13.4. The van der Waals surface area contributed by atoms with Gasteiger partial charge in [-0.3, -0.25) is 0 Å². The van der Waals surface area contributed by atoms with Crippen molar-refractivity contribution in [2.45, 2.75) is 6.18 Å². The molecule has 1 nitrogen and oxygen atoms in total. The molecule has 0 aliphatic rings. The van der Waals surface area contributed by atoms with Gasteiger partial charge in [0.25, 0.3) is 0 Å². The van der Waals surface area contributed by atoms with Gasteiger partial charge in [0.1, 0.15) is 11.6 Å². The zero-order valence-corrected chi connectivity index (χ0v) is 8.54. The van der Waals surface area contributed by atoms with Crippen molar-refractivity contribution in [3.63, 3.8) is 0 Å². The smallest absolute Gasteiger partial charge is 0.398 e. The fourth-order valence-corrected chi connectivity index (χ4v) is 1.23. The molecule has 0 radical (unpaired) electrons. The molecule has 88 valence electrons. The number of halogens is 5. The van der Waals surface area contributed by atoms with Gasteiger partial charge in [-0.05, 0) is 17.5 Å². The summed E-state index contributed by atoms with van der Waals surface area (Å²) in [5, 5.41) is 0.821. The number of hydrogen-bond donors (Lipinski definition) is 2. The summed E-state index contributed by atoms with van der Waals surface area (Å²) in [7, 11) is 0. The molecule has 2 N–H and O–H groups in total. The van der Waals surface area contributed by atoms with Gasteiger partial charge in [0.2, 0.25) is 0 Å². The molecule has 1 rings (SSSR count). The van der Waals surface area contributed by atoms with Crippen molar-refractivity contribution in [2.24, 2.45) is 5.73 Å². The van der Waals surface area contributed by atoms with Crippen LogP contribution >= 0.6 is 12.6 Å². The molecule has 0 spiro atoms. The molecule has 0 aliphatic heterocycles. The minimum absolute atomic E-state index is 0.319. The van der Waals surface area contributed by atoms with Crippen LogP contribution in [0.25, 0.3) is 5.70 Å². The Balaban J connectivity index is 3.51. The molecule has 7 heteroatoms. The van der Waals surface area contributed by atoms with Gasteiger partial charge < -0.3 is 5.73 Å². The number of nitrogens with two attached hydrogens (primary N) is 1. The molecule has 0 fully saturated rings. The van der Waals surface area contributed by atoms with Gasteiger partial charge in [0.05, 0.1) is 16.8 Å². The Hall–Kier alpha value is -1.24. The molecular formula is C9H6F5NS. The summed E-state index contributed by atoms with van der Waals surface area (Å²) in [5.41, 5.74) is 2.14. The maximum Gasteiger partial charge on any atom is 0.419 e. The molecule has 0 aromatic heterocycles.